The molecule has 0 aromatic rings. The highest BCUT2D eigenvalue weighted by Gasteiger charge is 2.34. The molecule has 2 aliphatic rings. The Balaban J connectivity index is 1.70. The van der Waals surface area contributed by atoms with Crippen molar-refractivity contribution in [3.05, 3.63) is 0 Å². The Bertz CT molecular complexity index is 313. The Morgan fingerprint density at radius 3 is 2.59 bits per heavy atom. The summed E-state index contributed by atoms with van der Waals surface area (Å²) in [6, 6.07) is 0.284. The molecule has 1 heterocycles. The third kappa shape index (κ3) is 2.90. The Morgan fingerprint density at radius 1 is 1.35 bits per heavy atom. The van der Waals surface area contributed by atoms with Gasteiger partial charge in [-0.3, -0.25) is 4.79 Å². The minimum Gasteiger partial charge on any atom is -0.481 e. The number of carboxylic acids is 1. The van der Waals surface area contributed by atoms with Crippen molar-refractivity contribution in [2.24, 2.45) is 11.8 Å². The van der Waals surface area contributed by atoms with Gasteiger partial charge in [-0.2, -0.15) is 0 Å². The largest absolute Gasteiger partial charge is 0.481 e. The minimum absolute atomic E-state index is 0.0228. The highest BCUT2D eigenvalue weighted by Crippen LogP contribution is 2.26. The molecule has 1 aliphatic carbocycles. The molecule has 1 saturated heterocycles. The number of amides is 2. The quantitative estimate of drug-likeness (QED) is 0.781. The third-order valence-corrected chi connectivity index (χ3v) is 3.88. The number of carbonyl (C=O) groups is 2. The first kappa shape index (κ1) is 12.2. The van der Waals surface area contributed by atoms with E-state index >= 15 is 0 Å². The molecule has 2 unspecified atom stereocenters. The molecule has 0 bridgehead atoms. The van der Waals surface area contributed by atoms with Crippen LogP contribution >= 0.6 is 0 Å². The van der Waals surface area contributed by atoms with Gasteiger partial charge in [0.25, 0.3) is 0 Å². The van der Waals surface area contributed by atoms with Gasteiger partial charge in [-0.25, -0.2) is 4.79 Å². The first-order valence-corrected chi connectivity index (χ1v) is 6.33. The summed E-state index contributed by atoms with van der Waals surface area (Å²) in [5.41, 5.74) is 0. The number of aliphatic carboxylic acids is 1. The van der Waals surface area contributed by atoms with Crippen LogP contribution < -0.4 is 5.32 Å². The van der Waals surface area contributed by atoms with Crippen molar-refractivity contribution in [3.63, 3.8) is 0 Å². The van der Waals surface area contributed by atoms with E-state index in [0.29, 0.717) is 25.0 Å². The van der Waals surface area contributed by atoms with Gasteiger partial charge < -0.3 is 15.3 Å². The van der Waals surface area contributed by atoms with E-state index < -0.39 is 5.97 Å². The van der Waals surface area contributed by atoms with Crippen LogP contribution in [-0.2, 0) is 4.79 Å². The number of urea groups is 1. The van der Waals surface area contributed by atoms with Crippen LogP contribution in [0.4, 0.5) is 4.79 Å². The van der Waals surface area contributed by atoms with Gasteiger partial charge in [0, 0.05) is 25.0 Å². The fourth-order valence-electron chi connectivity index (χ4n) is 2.72. The molecule has 2 amide bonds. The maximum atomic E-state index is 11.8. The first-order chi connectivity index (χ1) is 8.06. The summed E-state index contributed by atoms with van der Waals surface area (Å²) in [6.45, 7) is 3.33. The van der Waals surface area contributed by atoms with Crippen molar-refractivity contribution in [3.8, 4) is 0 Å². The molecule has 0 aromatic carbocycles. The van der Waals surface area contributed by atoms with Gasteiger partial charge in [0.2, 0.25) is 0 Å². The van der Waals surface area contributed by atoms with Crippen LogP contribution in [-0.4, -0.2) is 41.1 Å². The minimum atomic E-state index is -0.778. The standard InChI is InChI=1S/C12H20N2O3/c1-8-3-2-4-10(8)13-12(17)14-6-9(7-14)5-11(15)16/h8-10H,2-7H2,1H3,(H,13,17)(H,15,16). The summed E-state index contributed by atoms with van der Waals surface area (Å²) >= 11 is 0. The van der Waals surface area contributed by atoms with Gasteiger partial charge in [-0.1, -0.05) is 13.3 Å². The fraction of sp³-hybridized carbons (Fsp3) is 0.833. The molecule has 5 heteroatoms. The molecule has 5 nitrogen and oxygen atoms in total. The van der Waals surface area contributed by atoms with Crippen LogP contribution in [0.25, 0.3) is 0 Å². The summed E-state index contributed by atoms with van der Waals surface area (Å²) in [5.74, 6) is -0.0752. The van der Waals surface area contributed by atoms with Gasteiger partial charge in [0.1, 0.15) is 0 Å². The molecule has 96 valence electrons. The lowest BCUT2D eigenvalue weighted by atomic mass is 9.97. The second-order valence-corrected chi connectivity index (χ2v) is 5.33. The molecular weight excluding hydrogens is 220 g/mol. The van der Waals surface area contributed by atoms with Crippen LogP contribution in [0.2, 0.25) is 0 Å². The smallest absolute Gasteiger partial charge is 0.317 e. The highest BCUT2D eigenvalue weighted by atomic mass is 16.4. The number of carbonyl (C=O) groups excluding carboxylic acids is 1. The summed E-state index contributed by atoms with van der Waals surface area (Å²) in [7, 11) is 0. The molecule has 0 spiro atoms. The lowest BCUT2D eigenvalue weighted by Crippen LogP contribution is -2.56. The Morgan fingerprint density at radius 2 is 2.06 bits per heavy atom. The average molecular weight is 240 g/mol. The topological polar surface area (TPSA) is 69.6 Å². The van der Waals surface area contributed by atoms with E-state index in [-0.39, 0.29) is 18.4 Å². The number of likely N-dealkylation sites (tertiary alicyclic amines) is 1. The van der Waals surface area contributed by atoms with E-state index in [1.54, 1.807) is 4.90 Å². The van der Waals surface area contributed by atoms with Crippen molar-refractivity contribution in [2.75, 3.05) is 13.1 Å². The van der Waals surface area contributed by atoms with E-state index in [2.05, 4.69) is 12.2 Å². The fourth-order valence-corrected chi connectivity index (χ4v) is 2.72. The second kappa shape index (κ2) is 4.94. The van der Waals surface area contributed by atoms with Gasteiger partial charge >= 0.3 is 12.0 Å². The monoisotopic (exact) mass is 240 g/mol. The van der Waals surface area contributed by atoms with Crippen LogP contribution in [0.1, 0.15) is 32.6 Å². The van der Waals surface area contributed by atoms with Crippen molar-refractivity contribution in [1.82, 2.24) is 10.2 Å². The average Bonchev–Trinajstić information content (AvgIpc) is 2.57. The van der Waals surface area contributed by atoms with E-state index in [1.807, 2.05) is 0 Å². The highest BCUT2D eigenvalue weighted by molar-refractivity contribution is 5.76. The zero-order chi connectivity index (χ0) is 12.4. The van der Waals surface area contributed by atoms with E-state index in [9.17, 15) is 9.59 Å². The van der Waals surface area contributed by atoms with Crippen LogP contribution in [0, 0.1) is 11.8 Å². The van der Waals surface area contributed by atoms with Crippen LogP contribution in [0.15, 0.2) is 0 Å². The maximum Gasteiger partial charge on any atom is 0.317 e. The SMILES string of the molecule is CC1CCCC1NC(=O)N1CC(CC(=O)O)C1. The molecule has 2 fully saturated rings. The van der Waals surface area contributed by atoms with Crippen LogP contribution in [0.5, 0.6) is 0 Å². The van der Waals surface area contributed by atoms with E-state index in [0.717, 1.165) is 6.42 Å². The van der Waals surface area contributed by atoms with Gasteiger partial charge in [0.05, 0.1) is 6.42 Å². The molecule has 2 N–H and O–H groups in total. The van der Waals surface area contributed by atoms with E-state index in [4.69, 9.17) is 5.11 Å². The second-order valence-electron chi connectivity index (χ2n) is 5.33. The van der Waals surface area contributed by atoms with Gasteiger partial charge in [0.15, 0.2) is 0 Å². The number of hydrogen-bond donors (Lipinski definition) is 2. The normalized spacial score (nSPS) is 28.9. The van der Waals surface area contributed by atoms with Gasteiger partial charge in [-0.05, 0) is 18.8 Å². The first-order valence-electron chi connectivity index (χ1n) is 6.33. The Hall–Kier alpha value is -1.26. The van der Waals surface area contributed by atoms with Crippen molar-refractivity contribution >= 4 is 12.0 Å². The predicted octanol–water partition coefficient (Wildman–Crippen LogP) is 1.29. The molecule has 17 heavy (non-hydrogen) atoms. The van der Waals surface area contributed by atoms with Crippen molar-refractivity contribution in [1.29, 1.82) is 0 Å². The molecule has 0 radical (unpaired) electrons. The predicted molar refractivity (Wildman–Crippen MR) is 62.7 cm³/mol. The number of rotatable bonds is 3. The molecule has 1 aliphatic heterocycles. The lowest BCUT2D eigenvalue weighted by molar-refractivity contribution is -0.139. The zero-order valence-electron chi connectivity index (χ0n) is 10.2. The Kier molecular flexibility index (Phi) is 3.54. The number of nitrogens with zero attached hydrogens (tertiary/aromatic N) is 1. The number of nitrogens with one attached hydrogen (secondary N) is 1. The number of hydrogen-bond acceptors (Lipinski definition) is 2. The maximum absolute atomic E-state index is 11.8. The van der Waals surface area contributed by atoms with Gasteiger partial charge in [-0.15, -0.1) is 0 Å². The van der Waals surface area contributed by atoms with Crippen molar-refractivity contribution in [2.45, 2.75) is 38.6 Å². The Labute approximate surface area is 101 Å². The summed E-state index contributed by atoms with van der Waals surface area (Å²) in [6.07, 6.45) is 3.61. The lowest BCUT2D eigenvalue weighted by Gasteiger charge is -2.39. The van der Waals surface area contributed by atoms with Crippen LogP contribution in [0.3, 0.4) is 0 Å². The molecule has 2 rings (SSSR count). The van der Waals surface area contributed by atoms with E-state index in [1.165, 1.54) is 12.8 Å². The molecule has 1 saturated carbocycles. The third-order valence-electron chi connectivity index (χ3n) is 3.88. The van der Waals surface area contributed by atoms with Crippen molar-refractivity contribution < 1.29 is 14.7 Å². The molecular formula is C12H20N2O3. The zero-order valence-corrected chi connectivity index (χ0v) is 10.2. The summed E-state index contributed by atoms with van der Waals surface area (Å²) in [5, 5.41) is 11.7. The summed E-state index contributed by atoms with van der Waals surface area (Å²) in [4.78, 5) is 24.0. The molecule has 0 aromatic heterocycles. The summed E-state index contributed by atoms with van der Waals surface area (Å²) < 4.78 is 0. The number of carboxylic acid groups (broad SMARTS) is 1. The molecule has 2 atom stereocenters.